The van der Waals surface area contributed by atoms with E-state index >= 15 is 0 Å². The first-order chi connectivity index (χ1) is 10.7. The lowest BCUT2D eigenvalue weighted by atomic mass is 10.2. The lowest BCUT2D eigenvalue weighted by Gasteiger charge is -2.13. The lowest BCUT2D eigenvalue weighted by Crippen LogP contribution is -2.15. The number of benzene rings is 2. The van der Waals surface area contributed by atoms with Crippen LogP contribution in [0.2, 0.25) is 10.0 Å². The van der Waals surface area contributed by atoms with Crippen LogP contribution < -0.4 is 10.1 Å². The van der Waals surface area contributed by atoms with Crippen LogP contribution in [-0.2, 0) is 13.2 Å². The molecule has 4 heteroatoms. The monoisotopic (exact) mass is 337 g/mol. The quantitative estimate of drug-likeness (QED) is 0.645. The first kappa shape index (κ1) is 17.1. The standard InChI is InChI=1S/C18H21Cl2NO/c1-2-3-10-21-12-15-11-17(20)8-9-18(15)22-13-14-4-6-16(19)7-5-14/h4-9,11,21H,2-3,10,12-13H2,1H3. The highest BCUT2D eigenvalue weighted by molar-refractivity contribution is 6.30. The molecular formula is C18H21Cl2NO. The van der Waals surface area contributed by atoms with Crippen molar-refractivity contribution in [3.8, 4) is 5.75 Å². The van der Waals surface area contributed by atoms with Crippen molar-refractivity contribution < 1.29 is 4.74 Å². The average molecular weight is 338 g/mol. The Bertz CT molecular complexity index is 584. The Morgan fingerprint density at radius 3 is 2.45 bits per heavy atom. The Morgan fingerprint density at radius 1 is 1.00 bits per heavy atom. The van der Waals surface area contributed by atoms with Gasteiger partial charge in [0.15, 0.2) is 0 Å². The second-order valence-electron chi connectivity index (χ2n) is 5.20. The van der Waals surface area contributed by atoms with E-state index in [2.05, 4.69) is 12.2 Å². The fourth-order valence-electron chi connectivity index (χ4n) is 2.09. The van der Waals surface area contributed by atoms with Crippen LogP contribution in [0.4, 0.5) is 0 Å². The van der Waals surface area contributed by atoms with Crippen molar-refractivity contribution in [1.29, 1.82) is 0 Å². The van der Waals surface area contributed by atoms with E-state index in [4.69, 9.17) is 27.9 Å². The maximum atomic E-state index is 6.09. The van der Waals surface area contributed by atoms with E-state index in [9.17, 15) is 0 Å². The summed E-state index contributed by atoms with van der Waals surface area (Å²) in [4.78, 5) is 0. The van der Waals surface area contributed by atoms with Crippen molar-refractivity contribution in [3.05, 3.63) is 63.6 Å². The van der Waals surface area contributed by atoms with Gasteiger partial charge in [-0.15, -0.1) is 0 Å². The molecule has 0 bridgehead atoms. The number of ether oxygens (including phenoxy) is 1. The third-order valence-corrected chi connectivity index (χ3v) is 3.84. The largest absolute Gasteiger partial charge is 0.489 e. The van der Waals surface area contributed by atoms with Gasteiger partial charge in [-0.1, -0.05) is 48.7 Å². The molecule has 2 aromatic carbocycles. The first-order valence-electron chi connectivity index (χ1n) is 7.55. The predicted molar refractivity (Wildman–Crippen MR) is 93.9 cm³/mol. The van der Waals surface area contributed by atoms with Gasteiger partial charge in [0, 0.05) is 22.2 Å². The van der Waals surface area contributed by atoms with Crippen LogP contribution in [0.25, 0.3) is 0 Å². The number of nitrogens with one attached hydrogen (secondary N) is 1. The first-order valence-corrected chi connectivity index (χ1v) is 8.31. The van der Waals surface area contributed by atoms with Gasteiger partial charge in [0.25, 0.3) is 0 Å². The Balaban J connectivity index is 1.98. The summed E-state index contributed by atoms with van der Waals surface area (Å²) in [6.07, 6.45) is 2.35. The molecule has 0 amide bonds. The second-order valence-corrected chi connectivity index (χ2v) is 6.07. The van der Waals surface area contributed by atoms with E-state index < -0.39 is 0 Å². The van der Waals surface area contributed by atoms with Crippen LogP contribution in [0.15, 0.2) is 42.5 Å². The van der Waals surface area contributed by atoms with E-state index in [1.807, 2.05) is 42.5 Å². The molecule has 0 aliphatic heterocycles. The highest BCUT2D eigenvalue weighted by Crippen LogP contribution is 2.24. The van der Waals surface area contributed by atoms with Gasteiger partial charge in [-0.3, -0.25) is 0 Å². The van der Waals surface area contributed by atoms with E-state index in [1.165, 1.54) is 12.8 Å². The van der Waals surface area contributed by atoms with Gasteiger partial charge < -0.3 is 10.1 Å². The fourth-order valence-corrected chi connectivity index (χ4v) is 2.41. The van der Waals surface area contributed by atoms with Gasteiger partial charge in [-0.05, 0) is 48.9 Å². The van der Waals surface area contributed by atoms with Crippen molar-refractivity contribution in [2.75, 3.05) is 6.54 Å². The third kappa shape index (κ3) is 5.53. The Morgan fingerprint density at radius 2 is 1.73 bits per heavy atom. The minimum absolute atomic E-state index is 0.515. The lowest BCUT2D eigenvalue weighted by molar-refractivity contribution is 0.302. The van der Waals surface area contributed by atoms with Crippen LogP contribution in [0.1, 0.15) is 30.9 Å². The Labute approximate surface area is 142 Å². The zero-order valence-corrected chi connectivity index (χ0v) is 14.3. The van der Waals surface area contributed by atoms with Gasteiger partial charge in [0.05, 0.1) is 0 Å². The Hall–Kier alpha value is -1.22. The summed E-state index contributed by atoms with van der Waals surface area (Å²) in [6, 6.07) is 13.4. The van der Waals surface area contributed by atoms with Gasteiger partial charge >= 0.3 is 0 Å². The van der Waals surface area contributed by atoms with Gasteiger partial charge in [-0.2, -0.15) is 0 Å². The number of halogens is 2. The Kier molecular flexibility index (Phi) is 7.04. The maximum absolute atomic E-state index is 6.09. The molecule has 0 heterocycles. The summed E-state index contributed by atoms with van der Waals surface area (Å²) in [5.74, 6) is 0.864. The number of hydrogen-bond donors (Lipinski definition) is 1. The highest BCUT2D eigenvalue weighted by Gasteiger charge is 2.05. The normalized spacial score (nSPS) is 10.7. The maximum Gasteiger partial charge on any atom is 0.124 e. The van der Waals surface area contributed by atoms with E-state index in [0.29, 0.717) is 6.61 Å². The highest BCUT2D eigenvalue weighted by atomic mass is 35.5. The molecule has 0 saturated heterocycles. The molecule has 0 saturated carbocycles. The van der Waals surface area contributed by atoms with Crippen LogP contribution >= 0.6 is 23.2 Å². The molecule has 0 fully saturated rings. The molecule has 0 aliphatic rings. The molecule has 2 rings (SSSR count). The van der Waals surface area contributed by atoms with E-state index in [1.54, 1.807) is 0 Å². The summed E-state index contributed by atoms with van der Waals surface area (Å²) in [5, 5.41) is 4.88. The van der Waals surface area contributed by atoms with Gasteiger partial charge in [0.1, 0.15) is 12.4 Å². The summed E-state index contributed by atoms with van der Waals surface area (Å²) in [5.41, 5.74) is 2.17. The predicted octanol–water partition coefficient (Wildman–Crippen LogP) is 5.46. The molecule has 2 aromatic rings. The van der Waals surface area contributed by atoms with Crippen molar-refractivity contribution in [2.24, 2.45) is 0 Å². The summed E-state index contributed by atoms with van der Waals surface area (Å²) >= 11 is 12.0. The number of hydrogen-bond acceptors (Lipinski definition) is 2. The SMILES string of the molecule is CCCCNCc1cc(Cl)ccc1OCc1ccc(Cl)cc1. The third-order valence-electron chi connectivity index (χ3n) is 3.35. The summed E-state index contributed by atoms with van der Waals surface area (Å²) in [7, 11) is 0. The molecule has 0 atom stereocenters. The molecule has 118 valence electrons. The second kappa shape index (κ2) is 9.04. The molecule has 0 radical (unpaired) electrons. The molecule has 0 spiro atoms. The smallest absolute Gasteiger partial charge is 0.124 e. The molecule has 2 nitrogen and oxygen atoms in total. The topological polar surface area (TPSA) is 21.3 Å². The molecule has 1 N–H and O–H groups in total. The molecule has 0 unspecified atom stereocenters. The van der Waals surface area contributed by atoms with E-state index in [-0.39, 0.29) is 0 Å². The fraction of sp³-hybridized carbons (Fsp3) is 0.333. The van der Waals surface area contributed by atoms with Crippen LogP contribution in [0.3, 0.4) is 0 Å². The van der Waals surface area contributed by atoms with E-state index in [0.717, 1.165) is 40.0 Å². The van der Waals surface area contributed by atoms with Gasteiger partial charge in [0.2, 0.25) is 0 Å². The van der Waals surface area contributed by atoms with Crippen molar-refractivity contribution in [2.45, 2.75) is 32.9 Å². The van der Waals surface area contributed by atoms with Crippen LogP contribution in [0.5, 0.6) is 5.75 Å². The minimum Gasteiger partial charge on any atom is -0.489 e. The molecule has 22 heavy (non-hydrogen) atoms. The van der Waals surface area contributed by atoms with Crippen LogP contribution in [0, 0.1) is 0 Å². The average Bonchev–Trinajstić information content (AvgIpc) is 2.52. The zero-order chi connectivity index (χ0) is 15.8. The van der Waals surface area contributed by atoms with Crippen molar-refractivity contribution in [3.63, 3.8) is 0 Å². The number of rotatable bonds is 8. The van der Waals surface area contributed by atoms with Crippen molar-refractivity contribution in [1.82, 2.24) is 5.32 Å². The molecule has 0 aromatic heterocycles. The molecule has 0 aliphatic carbocycles. The minimum atomic E-state index is 0.515. The van der Waals surface area contributed by atoms with Crippen LogP contribution in [-0.4, -0.2) is 6.54 Å². The summed E-state index contributed by atoms with van der Waals surface area (Å²) in [6.45, 7) is 4.46. The molecular weight excluding hydrogens is 317 g/mol. The summed E-state index contributed by atoms with van der Waals surface area (Å²) < 4.78 is 5.93. The van der Waals surface area contributed by atoms with Crippen molar-refractivity contribution >= 4 is 23.2 Å². The number of unbranched alkanes of at least 4 members (excludes halogenated alkanes) is 1. The zero-order valence-electron chi connectivity index (χ0n) is 12.7. The van der Waals surface area contributed by atoms with Gasteiger partial charge in [-0.25, -0.2) is 0 Å².